The summed E-state index contributed by atoms with van der Waals surface area (Å²) in [6.07, 6.45) is 0.00933. The van der Waals surface area contributed by atoms with Crippen LogP contribution in [0.5, 0.6) is 0 Å². The van der Waals surface area contributed by atoms with Crippen molar-refractivity contribution >= 4 is 17.2 Å². The van der Waals surface area contributed by atoms with Crippen molar-refractivity contribution < 1.29 is 22.4 Å². The Hall–Kier alpha value is -2.97. The lowest BCUT2D eigenvalue weighted by atomic mass is 10.2. The molecule has 1 aliphatic carbocycles. The smallest absolute Gasteiger partial charge is 0.280 e. The fourth-order valence-electron chi connectivity index (χ4n) is 2.69. The van der Waals surface area contributed by atoms with Crippen molar-refractivity contribution in [2.75, 3.05) is 5.32 Å². The molecule has 1 saturated carbocycles. The Morgan fingerprint density at radius 2 is 2.00 bits per heavy atom. The van der Waals surface area contributed by atoms with E-state index in [1.54, 1.807) is 0 Å². The van der Waals surface area contributed by atoms with Gasteiger partial charge in [-0.15, -0.1) is 0 Å². The molecule has 26 heavy (non-hydrogen) atoms. The van der Waals surface area contributed by atoms with Gasteiger partial charge in [0.2, 0.25) is 0 Å². The highest BCUT2D eigenvalue weighted by Gasteiger charge is 2.29. The zero-order valence-electron chi connectivity index (χ0n) is 13.2. The van der Waals surface area contributed by atoms with Crippen molar-refractivity contribution in [3.8, 4) is 0 Å². The number of fused-ring (bicyclic) bond motifs is 1. The van der Waals surface area contributed by atoms with E-state index in [1.807, 2.05) is 0 Å². The molecule has 4 rings (SSSR count). The SMILES string of the molecule is O=C(Nc1ccc(F)cc1F)c1cnn2c(C(F)F)cc(C3CC3)nc12. The molecule has 0 bridgehead atoms. The highest BCUT2D eigenvalue weighted by Crippen LogP contribution is 2.40. The number of benzene rings is 1. The number of nitrogens with one attached hydrogen (secondary N) is 1. The van der Waals surface area contributed by atoms with Crippen LogP contribution in [0.2, 0.25) is 0 Å². The van der Waals surface area contributed by atoms with Gasteiger partial charge < -0.3 is 5.32 Å². The molecule has 0 unspecified atom stereocenters. The number of halogens is 4. The second kappa shape index (κ2) is 6.08. The van der Waals surface area contributed by atoms with Gasteiger partial charge in [0.1, 0.15) is 22.9 Å². The third kappa shape index (κ3) is 2.89. The van der Waals surface area contributed by atoms with E-state index in [2.05, 4.69) is 15.4 Å². The number of aromatic nitrogens is 3. The van der Waals surface area contributed by atoms with Crippen molar-refractivity contribution in [2.45, 2.75) is 25.2 Å². The van der Waals surface area contributed by atoms with Gasteiger partial charge in [-0.2, -0.15) is 5.10 Å². The molecule has 2 aromatic heterocycles. The molecule has 0 spiro atoms. The summed E-state index contributed by atoms with van der Waals surface area (Å²) in [5.74, 6) is -2.41. The summed E-state index contributed by atoms with van der Waals surface area (Å²) in [4.78, 5) is 16.7. The van der Waals surface area contributed by atoms with Gasteiger partial charge in [-0.1, -0.05) is 0 Å². The first-order valence-electron chi connectivity index (χ1n) is 7.87. The predicted molar refractivity (Wildman–Crippen MR) is 84.2 cm³/mol. The van der Waals surface area contributed by atoms with E-state index in [1.165, 1.54) is 6.07 Å². The summed E-state index contributed by atoms with van der Waals surface area (Å²) in [5.41, 5.74) is -0.203. The summed E-state index contributed by atoms with van der Waals surface area (Å²) in [7, 11) is 0. The molecule has 1 fully saturated rings. The van der Waals surface area contributed by atoms with Crippen LogP contribution in [0.1, 0.15) is 46.9 Å². The van der Waals surface area contributed by atoms with Crippen molar-refractivity contribution in [1.29, 1.82) is 0 Å². The lowest BCUT2D eigenvalue weighted by molar-refractivity contribution is 0.102. The average molecular weight is 364 g/mol. The molecule has 1 aliphatic rings. The van der Waals surface area contributed by atoms with Crippen LogP contribution in [0.15, 0.2) is 30.5 Å². The van der Waals surface area contributed by atoms with Crippen LogP contribution in [0.25, 0.3) is 5.65 Å². The Morgan fingerprint density at radius 1 is 1.23 bits per heavy atom. The molecule has 1 amide bonds. The number of hydrogen-bond donors (Lipinski definition) is 1. The van der Waals surface area contributed by atoms with Gasteiger partial charge in [0.05, 0.1) is 11.9 Å². The predicted octanol–water partition coefficient (Wildman–Crippen LogP) is 4.07. The largest absolute Gasteiger partial charge is 0.319 e. The maximum Gasteiger partial charge on any atom is 0.280 e. The van der Waals surface area contributed by atoms with Crippen molar-refractivity contribution in [1.82, 2.24) is 14.6 Å². The van der Waals surface area contributed by atoms with Crippen LogP contribution in [0.4, 0.5) is 23.2 Å². The van der Waals surface area contributed by atoms with Gasteiger partial charge in [0.15, 0.2) is 5.65 Å². The lowest BCUT2D eigenvalue weighted by Gasteiger charge is -2.08. The van der Waals surface area contributed by atoms with Crippen molar-refractivity contribution in [2.24, 2.45) is 0 Å². The minimum atomic E-state index is -2.79. The Kier molecular flexibility index (Phi) is 3.86. The number of carbonyl (C=O) groups is 1. The van der Waals surface area contributed by atoms with Crippen LogP contribution in [0, 0.1) is 11.6 Å². The summed E-state index contributed by atoms with van der Waals surface area (Å²) >= 11 is 0. The molecule has 0 radical (unpaired) electrons. The molecule has 1 N–H and O–H groups in total. The van der Waals surface area contributed by atoms with Gasteiger partial charge in [-0.05, 0) is 31.0 Å². The zero-order chi connectivity index (χ0) is 18.4. The van der Waals surface area contributed by atoms with Gasteiger partial charge >= 0.3 is 0 Å². The van der Waals surface area contributed by atoms with Crippen LogP contribution in [-0.4, -0.2) is 20.5 Å². The van der Waals surface area contributed by atoms with Gasteiger partial charge in [-0.3, -0.25) is 4.79 Å². The maximum atomic E-state index is 13.7. The normalized spacial score (nSPS) is 14.2. The molecule has 5 nitrogen and oxygen atoms in total. The number of anilines is 1. The van der Waals surface area contributed by atoms with Crippen LogP contribution in [0.3, 0.4) is 0 Å². The number of hydrogen-bond acceptors (Lipinski definition) is 3. The maximum absolute atomic E-state index is 13.7. The van der Waals surface area contributed by atoms with Crippen LogP contribution >= 0.6 is 0 Å². The van der Waals surface area contributed by atoms with E-state index in [0.29, 0.717) is 11.8 Å². The first-order chi connectivity index (χ1) is 12.4. The van der Waals surface area contributed by atoms with Crippen molar-refractivity contribution in [3.63, 3.8) is 0 Å². The fraction of sp³-hybridized carbons (Fsp3) is 0.235. The lowest BCUT2D eigenvalue weighted by Crippen LogP contribution is -2.14. The molecule has 1 aromatic carbocycles. The second-order valence-corrected chi connectivity index (χ2v) is 6.05. The van der Waals surface area contributed by atoms with E-state index >= 15 is 0 Å². The molecule has 0 saturated heterocycles. The summed E-state index contributed by atoms with van der Waals surface area (Å²) < 4.78 is 54.3. The Labute approximate surface area is 144 Å². The van der Waals surface area contributed by atoms with Gasteiger partial charge in [-0.25, -0.2) is 27.1 Å². The van der Waals surface area contributed by atoms with Crippen LogP contribution < -0.4 is 5.32 Å². The minimum Gasteiger partial charge on any atom is -0.319 e. The average Bonchev–Trinajstić information content (AvgIpc) is 3.35. The molecule has 9 heteroatoms. The molecule has 0 aliphatic heterocycles. The summed E-state index contributed by atoms with van der Waals surface area (Å²) in [6, 6.07) is 3.99. The first kappa shape index (κ1) is 16.5. The van der Waals surface area contributed by atoms with Gasteiger partial charge in [0, 0.05) is 17.7 Å². The molecular formula is C17H12F4N4O. The summed E-state index contributed by atoms with van der Waals surface area (Å²) in [6.45, 7) is 0. The molecule has 0 atom stereocenters. The quantitative estimate of drug-likeness (QED) is 0.710. The number of nitrogens with zero attached hydrogens (tertiary/aromatic N) is 3. The van der Waals surface area contributed by atoms with Crippen molar-refractivity contribution in [3.05, 3.63) is 59.0 Å². The molecule has 2 heterocycles. The van der Waals surface area contributed by atoms with Crippen LogP contribution in [-0.2, 0) is 0 Å². The number of rotatable bonds is 4. The first-order valence-corrected chi connectivity index (χ1v) is 7.87. The van der Waals surface area contributed by atoms with Gasteiger partial charge in [0.25, 0.3) is 12.3 Å². The van der Waals surface area contributed by atoms with E-state index in [4.69, 9.17) is 0 Å². The molecular weight excluding hydrogens is 352 g/mol. The third-order valence-corrected chi connectivity index (χ3v) is 4.16. The highest BCUT2D eigenvalue weighted by molar-refractivity contribution is 6.08. The second-order valence-electron chi connectivity index (χ2n) is 6.05. The van der Waals surface area contributed by atoms with E-state index in [0.717, 1.165) is 35.7 Å². The molecule has 3 aromatic rings. The monoisotopic (exact) mass is 364 g/mol. The summed E-state index contributed by atoms with van der Waals surface area (Å²) in [5, 5.41) is 6.10. The third-order valence-electron chi connectivity index (χ3n) is 4.16. The standard InChI is InChI=1S/C17H12F4N4O/c18-9-3-4-12(11(19)5-9)24-17(26)10-7-22-25-14(15(20)21)6-13(8-1-2-8)23-16(10)25/h3-8,15H,1-2H2,(H,24,26). The fourth-order valence-corrected chi connectivity index (χ4v) is 2.69. The number of alkyl halides is 2. The number of amides is 1. The zero-order valence-corrected chi connectivity index (χ0v) is 13.2. The highest BCUT2D eigenvalue weighted by atomic mass is 19.3. The molecule has 134 valence electrons. The Bertz CT molecular complexity index is 1010. The Morgan fingerprint density at radius 3 is 2.65 bits per heavy atom. The van der Waals surface area contributed by atoms with E-state index in [-0.39, 0.29) is 28.5 Å². The van der Waals surface area contributed by atoms with E-state index < -0.39 is 24.0 Å². The van der Waals surface area contributed by atoms with E-state index in [9.17, 15) is 22.4 Å². The topological polar surface area (TPSA) is 59.3 Å². The minimum absolute atomic E-state index is 0.0234. The number of carbonyl (C=O) groups excluding carboxylic acids is 1. The Balaban J connectivity index is 1.75.